The van der Waals surface area contributed by atoms with E-state index in [1.807, 2.05) is 26.0 Å². The zero-order chi connectivity index (χ0) is 18.5. The molecule has 0 saturated heterocycles. The van der Waals surface area contributed by atoms with Gasteiger partial charge in [-0.2, -0.15) is 0 Å². The van der Waals surface area contributed by atoms with E-state index in [0.29, 0.717) is 35.8 Å². The van der Waals surface area contributed by atoms with E-state index in [1.165, 1.54) is 0 Å². The molecule has 2 aromatic rings. The number of para-hydroxylation sites is 3. The Morgan fingerprint density at radius 2 is 1.69 bits per heavy atom. The number of fused-ring (bicyclic) bond motifs is 1. The van der Waals surface area contributed by atoms with Crippen molar-refractivity contribution in [1.82, 2.24) is 4.90 Å². The summed E-state index contributed by atoms with van der Waals surface area (Å²) in [7, 11) is 0. The van der Waals surface area contributed by atoms with Crippen LogP contribution in [-0.4, -0.2) is 42.5 Å². The second-order valence-electron chi connectivity index (χ2n) is 5.88. The van der Waals surface area contributed by atoms with Crippen LogP contribution in [0.3, 0.4) is 0 Å². The van der Waals surface area contributed by atoms with Crippen molar-refractivity contribution < 1.29 is 19.1 Å². The minimum atomic E-state index is -0.776. The van der Waals surface area contributed by atoms with E-state index >= 15 is 0 Å². The Morgan fingerprint density at radius 1 is 1.04 bits per heavy atom. The van der Waals surface area contributed by atoms with Crippen molar-refractivity contribution in [2.45, 2.75) is 20.0 Å². The van der Waals surface area contributed by atoms with Crippen molar-refractivity contribution >= 4 is 17.5 Å². The lowest BCUT2D eigenvalue weighted by atomic mass is 10.1. The summed E-state index contributed by atoms with van der Waals surface area (Å²) in [5.74, 6) is 0.691. The van der Waals surface area contributed by atoms with Gasteiger partial charge in [0.25, 0.3) is 11.8 Å². The fourth-order valence-electron chi connectivity index (χ4n) is 2.82. The van der Waals surface area contributed by atoms with Crippen molar-refractivity contribution in [2.75, 3.05) is 25.0 Å². The molecule has 1 N–H and O–H groups in total. The van der Waals surface area contributed by atoms with Gasteiger partial charge >= 0.3 is 0 Å². The monoisotopic (exact) mass is 354 g/mol. The summed E-state index contributed by atoms with van der Waals surface area (Å²) >= 11 is 0. The second-order valence-corrected chi connectivity index (χ2v) is 5.88. The molecule has 0 fully saturated rings. The Morgan fingerprint density at radius 3 is 2.42 bits per heavy atom. The number of hydrogen-bond acceptors (Lipinski definition) is 4. The number of rotatable bonds is 5. The fourth-order valence-corrected chi connectivity index (χ4v) is 2.82. The molecule has 2 aromatic carbocycles. The van der Waals surface area contributed by atoms with Gasteiger partial charge in [0.2, 0.25) is 6.10 Å². The minimum absolute atomic E-state index is 0.114. The average molecular weight is 354 g/mol. The summed E-state index contributed by atoms with van der Waals surface area (Å²) in [5, 5.41) is 2.80. The second kappa shape index (κ2) is 7.91. The predicted molar refractivity (Wildman–Crippen MR) is 98.7 cm³/mol. The van der Waals surface area contributed by atoms with E-state index in [2.05, 4.69) is 5.32 Å². The Bertz CT molecular complexity index is 802. The highest BCUT2D eigenvalue weighted by Gasteiger charge is 2.28. The number of carbonyl (C=O) groups is 2. The van der Waals surface area contributed by atoms with Gasteiger partial charge in [-0.05, 0) is 38.1 Å². The molecule has 3 rings (SSSR count). The van der Waals surface area contributed by atoms with Gasteiger partial charge in [0.1, 0.15) is 6.61 Å². The number of carbonyl (C=O) groups excluding carboxylic acids is 2. The van der Waals surface area contributed by atoms with Crippen LogP contribution in [0.1, 0.15) is 24.2 Å². The Balaban J connectivity index is 1.75. The first-order valence-electron chi connectivity index (χ1n) is 8.71. The highest BCUT2D eigenvalue weighted by atomic mass is 16.6. The van der Waals surface area contributed by atoms with Gasteiger partial charge in [0.15, 0.2) is 11.5 Å². The standard InChI is InChI=1S/C20H22N2O4/c1-3-22(4-2)20(24)14-9-5-6-10-15(14)21-19(23)18-13-25-16-11-7-8-12-17(16)26-18/h5-12,18H,3-4,13H2,1-2H3,(H,21,23). The van der Waals surface area contributed by atoms with Crippen LogP contribution in [0.5, 0.6) is 11.5 Å². The van der Waals surface area contributed by atoms with Crippen molar-refractivity contribution in [1.29, 1.82) is 0 Å². The molecule has 2 amide bonds. The Labute approximate surface area is 152 Å². The third kappa shape index (κ3) is 3.64. The van der Waals surface area contributed by atoms with Gasteiger partial charge in [-0.25, -0.2) is 0 Å². The molecule has 0 aliphatic carbocycles. The summed E-state index contributed by atoms with van der Waals surface area (Å²) in [6.45, 7) is 5.18. The fraction of sp³-hybridized carbons (Fsp3) is 0.300. The van der Waals surface area contributed by atoms with Crippen LogP contribution < -0.4 is 14.8 Å². The van der Waals surface area contributed by atoms with Crippen molar-refractivity contribution in [2.24, 2.45) is 0 Å². The van der Waals surface area contributed by atoms with Crippen molar-refractivity contribution in [3.8, 4) is 11.5 Å². The molecule has 0 aromatic heterocycles. The van der Waals surface area contributed by atoms with Gasteiger partial charge in [0, 0.05) is 13.1 Å². The largest absolute Gasteiger partial charge is 0.485 e. The van der Waals surface area contributed by atoms with Crippen LogP contribution >= 0.6 is 0 Å². The maximum atomic E-state index is 12.7. The van der Waals surface area contributed by atoms with Crippen molar-refractivity contribution in [3.63, 3.8) is 0 Å². The van der Waals surface area contributed by atoms with E-state index < -0.39 is 6.10 Å². The maximum absolute atomic E-state index is 12.7. The molecule has 136 valence electrons. The third-order valence-electron chi connectivity index (χ3n) is 4.27. The van der Waals surface area contributed by atoms with E-state index in [4.69, 9.17) is 9.47 Å². The number of nitrogens with zero attached hydrogens (tertiary/aromatic N) is 1. The minimum Gasteiger partial charge on any atom is -0.485 e. The first-order valence-corrected chi connectivity index (χ1v) is 8.71. The van der Waals surface area contributed by atoms with E-state index in [9.17, 15) is 9.59 Å². The molecule has 26 heavy (non-hydrogen) atoms. The molecule has 1 aliphatic heterocycles. The highest BCUT2D eigenvalue weighted by molar-refractivity contribution is 6.04. The molecular weight excluding hydrogens is 332 g/mol. The highest BCUT2D eigenvalue weighted by Crippen LogP contribution is 2.31. The number of amides is 2. The van der Waals surface area contributed by atoms with Crippen LogP contribution in [0, 0.1) is 0 Å². The number of nitrogens with one attached hydrogen (secondary N) is 1. The number of hydrogen-bond donors (Lipinski definition) is 1. The lowest BCUT2D eigenvalue weighted by Crippen LogP contribution is -2.40. The molecule has 1 heterocycles. The Kier molecular flexibility index (Phi) is 5.41. The van der Waals surface area contributed by atoms with Gasteiger partial charge < -0.3 is 19.7 Å². The van der Waals surface area contributed by atoms with E-state index in [-0.39, 0.29) is 18.4 Å². The van der Waals surface area contributed by atoms with Gasteiger partial charge in [-0.1, -0.05) is 24.3 Å². The number of benzene rings is 2. The lowest BCUT2D eigenvalue weighted by molar-refractivity contribution is -0.125. The SMILES string of the molecule is CCN(CC)C(=O)c1ccccc1NC(=O)C1COc2ccccc2O1. The number of anilines is 1. The van der Waals surface area contributed by atoms with Crippen LogP contribution in [0.15, 0.2) is 48.5 Å². The summed E-state index contributed by atoms with van der Waals surface area (Å²) in [6, 6.07) is 14.2. The van der Waals surface area contributed by atoms with E-state index in [1.54, 1.807) is 41.3 Å². The normalized spacial score (nSPS) is 15.2. The smallest absolute Gasteiger partial charge is 0.269 e. The van der Waals surface area contributed by atoms with Gasteiger partial charge in [-0.15, -0.1) is 0 Å². The third-order valence-corrected chi connectivity index (χ3v) is 4.27. The molecule has 6 heteroatoms. The average Bonchev–Trinajstić information content (AvgIpc) is 2.68. The molecule has 0 radical (unpaired) electrons. The molecule has 1 aliphatic rings. The molecule has 1 atom stereocenters. The zero-order valence-corrected chi connectivity index (χ0v) is 14.9. The predicted octanol–water partition coefficient (Wildman–Crippen LogP) is 2.95. The number of ether oxygens (including phenoxy) is 2. The molecule has 0 saturated carbocycles. The molecule has 0 bridgehead atoms. The summed E-state index contributed by atoms with van der Waals surface area (Å²) in [6.07, 6.45) is -0.776. The molecule has 6 nitrogen and oxygen atoms in total. The molecule has 0 spiro atoms. The van der Waals surface area contributed by atoms with E-state index in [0.717, 1.165) is 0 Å². The van der Waals surface area contributed by atoms with Gasteiger partial charge in [0.05, 0.1) is 11.3 Å². The lowest BCUT2D eigenvalue weighted by Gasteiger charge is -2.26. The summed E-state index contributed by atoms with van der Waals surface area (Å²) in [4.78, 5) is 27.0. The Hall–Kier alpha value is -3.02. The van der Waals surface area contributed by atoms with Crippen LogP contribution in [0.2, 0.25) is 0 Å². The zero-order valence-electron chi connectivity index (χ0n) is 14.9. The van der Waals surface area contributed by atoms with Crippen LogP contribution in [0.25, 0.3) is 0 Å². The molecular formula is C20H22N2O4. The quantitative estimate of drug-likeness (QED) is 0.896. The maximum Gasteiger partial charge on any atom is 0.269 e. The first kappa shape index (κ1) is 17.8. The first-order chi connectivity index (χ1) is 12.6. The summed E-state index contributed by atoms with van der Waals surface area (Å²) < 4.78 is 11.3. The van der Waals surface area contributed by atoms with Crippen LogP contribution in [0.4, 0.5) is 5.69 Å². The molecule has 1 unspecified atom stereocenters. The topological polar surface area (TPSA) is 67.9 Å². The van der Waals surface area contributed by atoms with Crippen molar-refractivity contribution in [3.05, 3.63) is 54.1 Å². The van der Waals surface area contributed by atoms with Crippen LogP contribution in [-0.2, 0) is 4.79 Å². The summed E-state index contributed by atoms with van der Waals surface area (Å²) in [5.41, 5.74) is 0.929. The van der Waals surface area contributed by atoms with Gasteiger partial charge in [-0.3, -0.25) is 9.59 Å².